The van der Waals surface area contributed by atoms with E-state index < -0.39 is 32.8 Å². The molecule has 0 bridgehead atoms. The molecule has 5 N–H and O–H groups in total. The molecule has 0 saturated heterocycles. The average molecular weight is 267 g/mol. The molecule has 1 atom stereocenters. The zero-order valence-electron chi connectivity index (χ0n) is 7.26. The maximum Gasteiger partial charge on any atom is 0.413 e. The van der Waals surface area contributed by atoms with Gasteiger partial charge in [-0.1, -0.05) is 0 Å². The molecule has 0 aromatic heterocycles. The van der Waals surface area contributed by atoms with Crippen molar-refractivity contribution in [3.63, 3.8) is 0 Å². The van der Waals surface area contributed by atoms with Gasteiger partial charge in [-0.2, -0.15) is 16.8 Å². The van der Waals surface area contributed by atoms with Crippen molar-refractivity contribution >= 4 is 26.8 Å². The fraction of sp³-hybridized carbons (Fsp3) is 0.667. The van der Waals surface area contributed by atoms with E-state index in [0.717, 1.165) is 0 Å². The number of nitrogens with two attached hydrogens (primary N) is 1. The highest BCUT2D eigenvalue weighted by atomic mass is 32.3. The Labute approximate surface area is 85.6 Å². The Balaban J connectivity index is 0. The second kappa shape index (κ2) is 5.94. The number of aliphatic carboxylic acids is 1. The number of rotatable bonds is 3. The Morgan fingerprint density at radius 2 is 1.40 bits per heavy atom. The summed E-state index contributed by atoms with van der Waals surface area (Å²) >= 11 is 0. The second-order valence-corrected chi connectivity index (χ2v) is 4.31. The highest BCUT2D eigenvalue weighted by Gasteiger charge is 2.15. The molecule has 0 spiro atoms. The predicted octanol–water partition coefficient (Wildman–Crippen LogP) is -1.97. The predicted molar refractivity (Wildman–Crippen MR) is 45.5 cm³/mol. The van der Waals surface area contributed by atoms with E-state index in [1.807, 2.05) is 0 Å². The van der Waals surface area contributed by atoms with Crippen LogP contribution in [0.5, 0.6) is 0 Å². The van der Waals surface area contributed by atoms with Crippen molar-refractivity contribution in [1.29, 1.82) is 0 Å². The third-order valence-corrected chi connectivity index (χ3v) is 1.94. The number of hydrogen-bond donors (Lipinski definition) is 4. The lowest BCUT2D eigenvalue weighted by Gasteiger charge is -1.90. The van der Waals surface area contributed by atoms with Crippen LogP contribution in [-0.2, 0) is 29.2 Å². The lowest BCUT2D eigenvalue weighted by atomic mass is 10.4. The molecular weight excluding hydrogens is 258 g/mol. The van der Waals surface area contributed by atoms with Gasteiger partial charge < -0.3 is 10.8 Å². The highest BCUT2D eigenvalue weighted by Crippen LogP contribution is 1.91. The molecule has 0 fully saturated rings. The minimum Gasteiger partial charge on any atom is -0.480 e. The van der Waals surface area contributed by atoms with E-state index in [2.05, 4.69) is 3.63 Å². The number of carboxylic acid groups (broad SMARTS) is 1. The molecule has 0 saturated carbocycles. The summed E-state index contributed by atoms with van der Waals surface area (Å²) in [5.74, 6) is -0.963. The topological polar surface area (TPSA) is 181 Å². The molecule has 12 heteroatoms. The van der Waals surface area contributed by atoms with Crippen LogP contribution in [0.1, 0.15) is 6.92 Å². The molecule has 0 rings (SSSR count). The van der Waals surface area contributed by atoms with Crippen LogP contribution >= 0.6 is 0 Å². The Hall–Kier alpha value is -0.790. The van der Waals surface area contributed by atoms with Gasteiger partial charge >= 0.3 is 26.8 Å². The molecule has 0 aromatic carbocycles. The summed E-state index contributed by atoms with van der Waals surface area (Å²) < 4.78 is 55.6. The zero-order chi connectivity index (χ0) is 12.9. The van der Waals surface area contributed by atoms with Crippen LogP contribution in [0.25, 0.3) is 0 Å². The van der Waals surface area contributed by atoms with Crippen LogP contribution in [0.2, 0.25) is 0 Å². The molecule has 0 radical (unpaired) electrons. The second-order valence-electron chi connectivity index (χ2n) is 2.05. The molecule has 1 unspecified atom stereocenters. The molecule has 92 valence electrons. The average Bonchev–Trinajstić information content (AvgIpc) is 1.78. The van der Waals surface area contributed by atoms with Gasteiger partial charge in [0.05, 0.1) is 0 Å². The van der Waals surface area contributed by atoms with E-state index in [1.54, 1.807) is 0 Å². The fourth-order valence-corrected chi connectivity index (χ4v) is 0.978. The minimum atomic E-state index is -5.12. The molecule has 0 amide bonds. The van der Waals surface area contributed by atoms with Crippen molar-refractivity contribution in [2.24, 2.45) is 5.73 Å². The Morgan fingerprint density at radius 1 is 1.20 bits per heavy atom. The SMILES string of the molecule is CC(N)C(=O)O.O=S(=O)(O)OS(=O)(=O)O. The van der Waals surface area contributed by atoms with Gasteiger partial charge in [0.15, 0.2) is 0 Å². The summed E-state index contributed by atoms with van der Waals surface area (Å²) in [5.41, 5.74) is 4.84. The van der Waals surface area contributed by atoms with Crippen LogP contribution in [0.3, 0.4) is 0 Å². The molecule has 0 heterocycles. The van der Waals surface area contributed by atoms with E-state index in [-0.39, 0.29) is 0 Å². The van der Waals surface area contributed by atoms with Crippen molar-refractivity contribution in [1.82, 2.24) is 0 Å². The van der Waals surface area contributed by atoms with Crippen LogP contribution in [0, 0.1) is 0 Å². The van der Waals surface area contributed by atoms with Crippen molar-refractivity contribution in [2.45, 2.75) is 13.0 Å². The van der Waals surface area contributed by atoms with Crippen LogP contribution < -0.4 is 5.73 Å². The fourth-order valence-electron chi connectivity index (χ4n) is 0.109. The van der Waals surface area contributed by atoms with Crippen molar-refractivity contribution in [2.75, 3.05) is 0 Å². The lowest BCUT2D eigenvalue weighted by Crippen LogP contribution is -2.25. The molecule has 15 heavy (non-hydrogen) atoms. The van der Waals surface area contributed by atoms with Crippen molar-refractivity contribution in [3.8, 4) is 0 Å². The van der Waals surface area contributed by atoms with E-state index >= 15 is 0 Å². The third kappa shape index (κ3) is 19.6. The van der Waals surface area contributed by atoms with Gasteiger partial charge in [0, 0.05) is 0 Å². The van der Waals surface area contributed by atoms with Gasteiger partial charge in [-0.3, -0.25) is 13.9 Å². The highest BCUT2D eigenvalue weighted by molar-refractivity contribution is 7.94. The Morgan fingerprint density at radius 3 is 1.40 bits per heavy atom. The summed E-state index contributed by atoms with van der Waals surface area (Å²) in [6.45, 7) is 1.42. The van der Waals surface area contributed by atoms with Crippen molar-refractivity contribution in [3.05, 3.63) is 0 Å². The summed E-state index contributed by atoms with van der Waals surface area (Å²) in [4.78, 5) is 9.57. The molecule has 10 nitrogen and oxygen atoms in total. The largest absolute Gasteiger partial charge is 0.480 e. The van der Waals surface area contributed by atoms with Gasteiger partial charge in [-0.25, -0.2) is 0 Å². The van der Waals surface area contributed by atoms with Crippen molar-refractivity contribution < 1.29 is 39.5 Å². The Kier molecular flexibility index (Phi) is 6.59. The quantitative estimate of drug-likeness (QED) is 0.418. The van der Waals surface area contributed by atoms with Gasteiger partial charge in [-0.05, 0) is 6.92 Å². The maximum atomic E-state index is 9.57. The van der Waals surface area contributed by atoms with Crippen LogP contribution in [0.15, 0.2) is 0 Å². The number of hydrogen-bond acceptors (Lipinski definition) is 7. The van der Waals surface area contributed by atoms with E-state index in [4.69, 9.17) is 19.9 Å². The van der Waals surface area contributed by atoms with E-state index in [0.29, 0.717) is 0 Å². The standard InChI is InChI=1S/C3H7NO2.H2O7S2/c1-2(4)3(5)6;1-8(2,3)7-9(4,5)6/h2H,4H2,1H3,(H,5,6);(H,1,2,3)(H,4,5,6). The molecule has 0 aliphatic heterocycles. The first-order valence-electron chi connectivity index (χ1n) is 2.99. The molecule has 0 aliphatic rings. The lowest BCUT2D eigenvalue weighted by molar-refractivity contribution is -0.138. The minimum absolute atomic E-state index is 0.731. The molecule has 0 aliphatic carbocycles. The van der Waals surface area contributed by atoms with E-state index in [9.17, 15) is 21.6 Å². The molecule has 0 aromatic rings. The first-order chi connectivity index (χ1) is 6.35. The normalized spacial score (nSPS) is 13.6. The monoisotopic (exact) mass is 267 g/mol. The van der Waals surface area contributed by atoms with Crippen LogP contribution in [0.4, 0.5) is 0 Å². The molecular formula is C3H9NO9S2. The maximum absolute atomic E-state index is 9.57. The zero-order valence-corrected chi connectivity index (χ0v) is 8.90. The summed E-state index contributed by atoms with van der Waals surface area (Å²) in [6, 6.07) is -0.731. The Bertz CT molecular complexity index is 361. The number of carboxylic acids is 1. The number of carbonyl (C=O) groups is 1. The summed E-state index contributed by atoms with van der Waals surface area (Å²) in [5, 5.41) is 7.87. The van der Waals surface area contributed by atoms with Gasteiger partial charge in [0.25, 0.3) is 0 Å². The van der Waals surface area contributed by atoms with Crippen LogP contribution in [-0.4, -0.2) is 43.1 Å². The smallest absolute Gasteiger partial charge is 0.413 e. The van der Waals surface area contributed by atoms with Gasteiger partial charge in [0.1, 0.15) is 6.04 Å². The van der Waals surface area contributed by atoms with E-state index in [1.165, 1.54) is 6.92 Å². The van der Waals surface area contributed by atoms with Gasteiger partial charge in [0.2, 0.25) is 0 Å². The first-order valence-corrected chi connectivity index (χ1v) is 5.72. The summed E-state index contributed by atoms with van der Waals surface area (Å²) in [7, 11) is -10.2. The summed E-state index contributed by atoms with van der Waals surface area (Å²) in [6.07, 6.45) is 0. The van der Waals surface area contributed by atoms with Gasteiger partial charge in [-0.15, -0.1) is 3.63 Å². The third-order valence-electron chi connectivity index (χ3n) is 0.561. The first kappa shape index (κ1) is 16.6.